The van der Waals surface area contributed by atoms with E-state index in [9.17, 15) is 4.79 Å². The van der Waals surface area contributed by atoms with Crippen molar-refractivity contribution in [2.45, 2.75) is 12.8 Å². The number of hydrogen-bond donors (Lipinski definition) is 3. The molecule has 18 heavy (non-hydrogen) atoms. The van der Waals surface area contributed by atoms with E-state index in [-0.39, 0.29) is 13.0 Å². The maximum Gasteiger partial charge on any atom is 0.306 e. The van der Waals surface area contributed by atoms with Crippen LogP contribution in [-0.4, -0.2) is 47.7 Å². The Morgan fingerprint density at radius 2 is 1.94 bits per heavy atom. The number of esters is 1. The molecule has 0 amide bonds. The van der Waals surface area contributed by atoms with Gasteiger partial charge in [0.05, 0.1) is 25.2 Å². The molecule has 102 valence electrons. The number of rotatable bonds is 8. The topological polar surface area (TPSA) is 87.0 Å². The van der Waals surface area contributed by atoms with Gasteiger partial charge in [-0.1, -0.05) is 0 Å². The molecule has 1 aromatic rings. The fraction of sp³-hybridized carbons (Fsp3) is 0.583. The summed E-state index contributed by atoms with van der Waals surface area (Å²) in [5.74, 6) is -0.402. The Hall–Kier alpha value is -0.950. The van der Waals surface area contributed by atoms with Gasteiger partial charge in [-0.2, -0.15) is 11.3 Å². The molecule has 0 aliphatic heterocycles. The van der Waals surface area contributed by atoms with Crippen molar-refractivity contribution < 1.29 is 24.9 Å². The summed E-state index contributed by atoms with van der Waals surface area (Å²) < 4.78 is 4.96. The number of aliphatic hydroxyl groups is 3. The van der Waals surface area contributed by atoms with Crippen molar-refractivity contribution in [2.75, 3.05) is 26.4 Å². The largest absolute Gasteiger partial charge is 0.465 e. The van der Waals surface area contributed by atoms with Crippen molar-refractivity contribution >= 4 is 17.3 Å². The third kappa shape index (κ3) is 4.38. The molecular weight excluding hydrogens is 256 g/mol. The molecule has 0 aliphatic rings. The molecule has 0 radical (unpaired) electrons. The van der Waals surface area contributed by atoms with Crippen molar-refractivity contribution in [1.82, 2.24) is 0 Å². The van der Waals surface area contributed by atoms with Crippen LogP contribution in [0, 0.1) is 5.41 Å². The van der Waals surface area contributed by atoms with Crippen LogP contribution in [0.5, 0.6) is 0 Å². The number of carbonyl (C=O) groups excluding carboxylic acids is 1. The van der Waals surface area contributed by atoms with Crippen LogP contribution in [0.4, 0.5) is 0 Å². The Kier molecular flexibility index (Phi) is 6.28. The van der Waals surface area contributed by atoms with Gasteiger partial charge in [0, 0.05) is 6.42 Å². The van der Waals surface area contributed by atoms with E-state index in [0.29, 0.717) is 6.42 Å². The smallest absolute Gasteiger partial charge is 0.306 e. The first-order valence-electron chi connectivity index (χ1n) is 5.65. The molecule has 0 saturated heterocycles. The van der Waals surface area contributed by atoms with E-state index in [4.69, 9.17) is 20.1 Å². The van der Waals surface area contributed by atoms with Gasteiger partial charge in [0.15, 0.2) is 0 Å². The molecule has 0 unspecified atom stereocenters. The highest BCUT2D eigenvalue weighted by Crippen LogP contribution is 2.16. The highest BCUT2D eigenvalue weighted by atomic mass is 32.1. The molecule has 0 fully saturated rings. The highest BCUT2D eigenvalue weighted by Gasteiger charge is 2.30. The Morgan fingerprint density at radius 3 is 2.44 bits per heavy atom. The van der Waals surface area contributed by atoms with E-state index in [1.807, 2.05) is 16.8 Å². The molecule has 6 heteroatoms. The number of carbonyl (C=O) groups is 1. The number of aryl methyl sites for hydroxylation is 1. The van der Waals surface area contributed by atoms with E-state index in [0.717, 1.165) is 5.56 Å². The number of ether oxygens (including phenoxy) is 1. The Balaban J connectivity index is 2.32. The Labute approximate surface area is 110 Å². The normalized spacial score (nSPS) is 11.5. The third-order valence-corrected chi connectivity index (χ3v) is 3.48. The zero-order valence-corrected chi connectivity index (χ0v) is 10.9. The molecule has 0 aromatic carbocycles. The quantitative estimate of drug-likeness (QED) is 0.589. The monoisotopic (exact) mass is 274 g/mol. The van der Waals surface area contributed by atoms with Gasteiger partial charge in [-0.15, -0.1) is 0 Å². The van der Waals surface area contributed by atoms with Gasteiger partial charge in [0.1, 0.15) is 6.61 Å². The molecule has 0 atom stereocenters. The molecule has 3 N–H and O–H groups in total. The van der Waals surface area contributed by atoms with Crippen molar-refractivity contribution in [2.24, 2.45) is 5.41 Å². The van der Waals surface area contributed by atoms with Gasteiger partial charge in [0.25, 0.3) is 0 Å². The summed E-state index contributed by atoms with van der Waals surface area (Å²) in [4.78, 5) is 11.5. The van der Waals surface area contributed by atoms with Crippen LogP contribution >= 0.6 is 11.3 Å². The Morgan fingerprint density at radius 1 is 1.28 bits per heavy atom. The maximum atomic E-state index is 11.5. The van der Waals surface area contributed by atoms with Crippen LogP contribution in [0.15, 0.2) is 16.8 Å². The van der Waals surface area contributed by atoms with Crippen molar-refractivity contribution in [3.05, 3.63) is 22.4 Å². The fourth-order valence-corrected chi connectivity index (χ4v) is 1.98. The molecule has 0 bridgehead atoms. The Bertz CT molecular complexity index is 337. The second-order valence-electron chi connectivity index (χ2n) is 4.27. The van der Waals surface area contributed by atoms with Gasteiger partial charge in [0.2, 0.25) is 0 Å². The minimum Gasteiger partial charge on any atom is -0.465 e. The van der Waals surface area contributed by atoms with E-state index in [2.05, 4.69) is 0 Å². The van der Waals surface area contributed by atoms with Crippen molar-refractivity contribution in [3.63, 3.8) is 0 Å². The second kappa shape index (κ2) is 7.48. The zero-order chi connectivity index (χ0) is 13.4. The molecule has 1 heterocycles. The van der Waals surface area contributed by atoms with Gasteiger partial charge in [-0.3, -0.25) is 4.79 Å². The zero-order valence-electron chi connectivity index (χ0n) is 10.0. The molecule has 0 aliphatic carbocycles. The minimum absolute atomic E-state index is 0.182. The lowest BCUT2D eigenvalue weighted by atomic mass is 9.93. The van der Waals surface area contributed by atoms with Crippen LogP contribution in [-0.2, 0) is 16.0 Å². The first-order valence-corrected chi connectivity index (χ1v) is 6.59. The molecular formula is C12H18O5S. The first kappa shape index (κ1) is 15.1. The summed E-state index contributed by atoms with van der Waals surface area (Å²) >= 11 is 1.57. The summed E-state index contributed by atoms with van der Waals surface area (Å²) in [7, 11) is 0. The van der Waals surface area contributed by atoms with Crippen LogP contribution < -0.4 is 0 Å². The van der Waals surface area contributed by atoms with Crippen molar-refractivity contribution in [3.8, 4) is 0 Å². The third-order valence-electron chi connectivity index (χ3n) is 2.74. The summed E-state index contributed by atoms with van der Waals surface area (Å²) in [5, 5.41) is 31.1. The maximum absolute atomic E-state index is 11.5. The number of aliphatic hydroxyl groups excluding tert-OH is 3. The summed E-state index contributed by atoms with van der Waals surface area (Å²) in [6.45, 7) is -1.48. The molecule has 0 spiro atoms. The predicted octanol–water partition coefficient (Wildman–Crippen LogP) is 0.187. The summed E-state index contributed by atoms with van der Waals surface area (Å²) in [6, 6.07) is 1.94. The molecule has 1 rings (SSSR count). The second-order valence-corrected chi connectivity index (χ2v) is 5.05. The standard InChI is InChI=1S/C12H18O5S/c13-6-12(7-14,8-15)9-17-11(16)2-1-10-3-4-18-5-10/h3-5,13-15H,1-2,6-9H2. The van der Waals surface area contributed by atoms with E-state index in [1.165, 1.54) is 0 Å². The lowest BCUT2D eigenvalue weighted by molar-refractivity contribution is -0.151. The number of thiophene rings is 1. The van der Waals surface area contributed by atoms with Crippen molar-refractivity contribution in [1.29, 1.82) is 0 Å². The van der Waals surface area contributed by atoms with E-state index in [1.54, 1.807) is 11.3 Å². The predicted molar refractivity (Wildman–Crippen MR) is 67.3 cm³/mol. The minimum atomic E-state index is -1.15. The average Bonchev–Trinajstić information content (AvgIpc) is 2.92. The lowest BCUT2D eigenvalue weighted by Gasteiger charge is -2.26. The van der Waals surface area contributed by atoms with Crippen LogP contribution in [0.1, 0.15) is 12.0 Å². The highest BCUT2D eigenvalue weighted by molar-refractivity contribution is 7.07. The summed E-state index contributed by atoms with van der Waals surface area (Å²) in [6.07, 6.45) is 0.849. The van der Waals surface area contributed by atoms with Crippen LogP contribution in [0.3, 0.4) is 0 Å². The van der Waals surface area contributed by atoms with Crippen LogP contribution in [0.25, 0.3) is 0 Å². The van der Waals surface area contributed by atoms with Crippen LogP contribution in [0.2, 0.25) is 0 Å². The van der Waals surface area contributed by atoms with Gasteiger partial charge in [-0.25, -0.2) is 0 Å². The fourth-order valence-electron chi connectivity index (χ4n) is 1.27. The molecule has 1 aromatic heterocycles. The lowest BCUT2D eigenvalue weighted by Crippen LogP contribution is -2.39. The average molecular weight is 274 g/mol. The molecule has 0 saturated carbocycles. The van der Waals surface area contributed by atoms with E-state index >= 15 is 0 Å². The summed E-state index contributed by atoms with van der Waals surface area (Å²) in [5.41, 5.74) is -0.0763. The first-order chi connectivity index (χ1) is 8.65. The molecule has 5 nitrogen and oxygen atoms in total. The van der Waals surface area contributed by atoms with E-state index < -0.39 is 31.2 Å². The van der Waals surface area contributed by atoms with Gasteiger partial charge >= 0.3 is 5.97 Å². The van der Waals surface area contributed by atoms with Gasteiger partial charge < -0.3 is 20.1 Å². The number of hydrogen-bond acceptors (Lipinski definition) is 6. The SMILES string of the molecule is O=C(CCc1ccsc1)OCC(CO)(CO)CO. The van der Waals surface area contributed by atoms with Gasteiger partial charge in [-0.05, 0) is 28.8 Å².